The third kappa shape index (κ3) is 6.54. The summed E-state index contributed by atoms with van der Waals surface area (Å²) in [6.45, 7) is 8.52. The highest BCUT2D eigenvalue weighted by atomic mass is 28.2. The molecule has 0 fully saturated rings. The summed E-state index contributed by atoms with van der Waals surface area (Å²) >= 11 is 0. The highest BCUT2D eigenvalue weighted by molar-refractivity contribution is 6.36. The highest BCUT2D eigenvalue weighted by Crippen LogP contribution is 2.08. The van der Waals surface area contributed by atoms with E-state index in [4.69, 9.17) is 15.2 Å². The van der Waals surface area contributed by atoms with E-state index in [0.29, 0.717) is 5.92 Å². The van der Waals surface area contributed by atoms with Crippen LogP contribution in [0.15, 0.2) is 0 Å². The zero-order valence-electron chi connectivity index (χ0n) is 9.79. The van der Waals surface area contributed by atoms with Gasteiger partial charge in [-0.05, 0) is 26.3 Å². The Labute approximate surface area is 90.2 Å². The quantitative estimate of drug-likeness (QED) is 0.463. The standard InChI is InChI=1S/C10H25NO2Si/c1-4-9(7-11)8-14-10(12-5-2)13-6-3/h9-10H,4-8,11,14H2,1-3H3. The molecular weight excluding hydrogens is 194 g/mol. The lowest BCUT2D eigenvalue weighted by atomic mass is 10.1. The van der Waals surface area contributed by atoms with Gasteiger partial charge in [-0.25, -0.2) is 0 Å². The van der Waals surface area contributed by atoms with Gasteiger partial charge in [0.25, 0.3) is 0 Å². The summed E-state index contributed by atoms with van der Waals surface area (Å²) in [5.74, 6) is 0.774. The Morgan fingerprint density at radius 2 is 1.71 bits per heavy atom. The topological polar surface area (TPSA) is 44.5 Å². The van der Waals surface area contributed by atoms with Crippen molar-refractivity contribution in [1.29, 1.82) is 0 Å². The normalized spacial score (nSPS) is 14.4. The molecule has 0 aliphatic carbocycles. The molecule has 2 N–H and O–H groups in total. The van der Waals surface area contributed by atoms with Crippen LogP contribution in [0.1, 0.15) is 27.2 Å². The Morgan fingerprint density at radius 1 is 1.14 bits per heavy atom. The molecule has 86 valence electrons. The lowest BCUT2D eigenvalue weighted by Crippen LogP contribution is -2.27. The van der Waals surface area contributed by atoms with Crippen LogP contribution >= 0.6 is 0 Å². The molecule has 0 aromatic rings. The number of rotatable bonds is 9. The van der Waals surface area contributed by atoms with Gasteiger partial charge in [-0.15, -0.1) is 0 Å². The molecular formula is C10H25NO2Si. The van der Waals surface area contributed by atoms with Gasteiger partial charge in [-0.2, -0.15) is 0 Å². The number of hydrogen-bond acceptors (Lipinski definition) is 3. The van der Waals surface area contributed by atoms with Gasteiger partial charge in [0.15, 0.2) is 0 Å². The average molecular weight is 219 g/mol. The van der Waals surface area contributed by atoms with Crippen molar-refractivity contribution in [3.8, 4) is 0 Å². The second-order valence-corrected chi connectivity index (χ2v) is 5.25. The number of hydrogen-bond donors (Lipinski definition) is 1. The van der Waals surface area contributed by atoms with Gasteiger partial charge in [0.1, 0.15) is 5.91 Å². The van der Waals surface area contributed by atoms with Gasteiger partial charge >= 0.3 is 0 Å². The summed E-state index contributed by atoms with van der Waals surface area (Å²) in [4.78, 5) is 0. The first-order valence-corrected chi connectivity index (χ1v) is 7.53. The third-order valence-corrected chi connectivity index (χ3v) is 4.52. The fourth-order valence-electron chi connectivity index (χ4n) is 1.45. The Bertz CT molecular complexity index is 115. The van der Waals surface area contributed by atoms with Crippen molar-refractivity contribution in [2.75, 3.05) is 19.8 Å². The van der Waals surface area contributed by atoms with E-state index in [1.807, 2.05) is 13.8 Å². The fraction of sp³-hybridized carbons (Fsp3) is 1.00. The minimum Gasteiger partial charge on any atom is -0.357 e. The molecule has 14 heavy (non-hydrogen) atoms. The van der Waals surface area contributed by atoms with Crippen molar-refractivity contribution in [3.63, 3.8) is 0 Å². The maximum absolute atomic E-state index is 5.66. The summed E-state index contributed by atoms with van der Waals surface area (Å²) in [5, 5.41) is 0. The molecule has 0 spiro atoms. The van der Waals surface area contributed by atoms with E-state index in [9.17, 15) is 0 Å². The van der Waals surface area contributed by atoms with E-state index in [-0.39, 0.29) is 15.4 Å². The van der Waals surface area contributed by atoms with Crippen molar-refractivity contribution in [3.05, 3.63) is 0 Å². The van der Waals surface area contributed by atoms with E-state index >= 15 is 0 Å². The molecule has 0 aromatic heterocycles. The van der Waals surface area contributed by atoms with E-state index in [1.54, 1.807) is 0 Å². The van der Waals surface area contributed by atoms with Crippen molar-refractivity contribution in [2.45, 2.75) is 39.1 Å². The molecule has 1 atom stereocenters. The van der Waals surface area contributed by atoms with Gasteiger partial charge in [-0.3, -0.25) is 0 Å². The molecule has 4 heteroatoms. The van der Waals surface area contributed by atoms with Crippen molar-refractivity contribution < 1.29 is 9.47 Å². The van der Waals surface area contributed by atoms with Crippen LogP contribution in [0.25, 0.3) is 0 Å². The van der Waals surface area contributed by atoms with Crippen LogP contribution in [0.3, 0.4) is 0 Å². The monoisotopic (exact) mass is 219 g/mol. The highest BCUT2D eigenvalue weighted by Gasteiger charge is 2.12. The molecule has 0 bridgehead atoms. The van der Waals surface area contributed by atoms with Gasteiger partial charge < -0.3 is 15.2 Å². The minimum atomic E-state index is -0.291. The van der Waals surface area contributed by atoms with Gasteiger partial charge in [0.05, 0.1) is 9.52 Å². The van der Waals surface area contributed by atoms with Gasteiger partial charge in [-0.1, -0.05) is 19.4 Å². The minimum absolute atomic E-state index is 0.102. The molecule has 0 radical (unpaired) electrons. The smallest absolute Gasteiger partial charge is 0.134 e. The zero-order chi connectivity index (χ0) is 10.8. The van der Waals surface area contributed by atoms with E-state index in [2.05, 4.69) is 6.92 Å². The van der Waals surface area contributed by atoms with Gasteiger partial charge in [0, 0.05) is 13.2 Å². The Balaban J connectivity index is 3.67. The summed E-state index contributed by atoms with van der Waals surface area (Å²) in [7, 11) is -0.291. The summed E-state index contributed by atoms with van der Waals surface area (Å²) in [6, 6.07) is 1.23. The predicted octanol–water partition coefficient (Wildman–Crippen LogP) is 0.915. The molecule has 3 nitrogen and oxygen atoms in total. The first-order chi connectivity index (χ1) is 6.78. The Hall–Kier alpha value is 0.0969. The SMILES string of the molecule is CCOC(OCC)[SiH2]CC(CC)CN. The summed E-state index contributed by atoms with van der Waals surface area (Å²) < 4.78 is 11.0. The molecule has 0 heterocycles. The molecule has 0 rings (SSSR count). The first-order valence-electron chi connectivity index (χ1n) is 5.71. The molecule has 0 aromatic carbocycles. The lowest BCUT2D eigenvalue weighted by Gasteiger charge is -2.19. The van der Waals surface area contributed by atoms with Crippen LogP contribution in [-0.2, 0) is 9.47 Å². The molecule has 0 amide bonds. The van der Waals surface area contributed by atoms with Crippen molar-refractivity contribution >= 4 is 9.52 Å². The largest absolute Gasteiger partial charge is 0.357 e. The maximum Gasteiger partial charge on any atom is 0.134 e. The predicted molar refractivity (Wildman–Crippen MR) is 63.2 cm³/mol. The Kier molecular flexibility index (Phi) is 9.71. The lowest BCUT2D eigenvalue weighted by molar-refractivity contribution is -0.0829. The fourth-order valence-corrected chi connectivity index (χ4v) is 3.64. The van der Waals surface area contributed by atoms with Crippen LogP contribution in [0, 0.1) is 5.92 Å². The molecule has 0 saturated heterocycles. The number of ether oxygens (including phenoxy) is 2. The van der Waals surface area contributed by atoms with Crippen LogP contribution < -0.4 is 5.73 Å². The van der Waals surface area contributed by atoms with Crippen LogP contribution in [0.5, 0.6) is 0 Å². The summed E-state index contributed by atoms with van der Waals surface area (Å²) in [5.41, 5.74) is 5.66. The van der Waals surface area contributed by atoms with Crippen LogP contribution in [0.2, 0.25) is 6.04 Å². The van der Waals surface area contributed by atoms with E-state index < -0.39 is 0 Å². The van der Waals surface area contributed by atoms with E-state index in [1.165, 1.54) is 12.5 Å². The number of nitrogens with two attached hydrogens (primary N) is 1. The molecule has 0 aliphatic heterocycles. The first kappa shape index (κ1) is 14.1. The van der Waals surface area contributed by atoms with Crippen LogP contribution in [0.4, 0.5) is 0 Å². The Morgan fingerprint density at radius 3 is 2.07 bits per heavy atom. The van der Waals surface area contributed by atoms with E-state index in [0.717, 1.165) is 19.8 Å². The summed E-state index contributed by atoms with van der Waals surface area (Å²) in [6.07, 6.45) is 1.18. The van der Waals surface area contributed by atoms with Crippen molar-refractivity contribution in [2.24, 2.45) is 11.7 Å². The van der Waals surface area contributed by atoms with Gasteiger partial charge in [0.2, 0.25) is 0 Å². The average Bonchev–Trinajstić information content (AvgIpc) is 2.20. The zero-order valence-corrected chi connectivity index (χ0v) is 11.2. The van der Waals surface area contributed by atoms with Crippen LogP contribution in [-0.4, -0.2) is 35.2 Å². The molecule has 0 aliphatic rings. The molecule has 1 unspecified atom stereocenters. The molecule has 0 saturated carbocycles. The third-order valence-electron chi connectivity index (χ3n) is 2.43. The maximum atomic E-state index is 5.66. The second kappa shape index (κ2) is 9.64. The van der Waals surface area contributed by atoms with Crippen molar-refractivity contribution in [1.82, 2.24) is 0 Å². The second-order valence-electron chi connectivity index (χ2n) is 3.43.